The zero-order valence-corrected chi connectivity index (χ0v) is 17.4. The molecule has 1 aromatic carbocycles. The van der Waals surface area contributed by atoms with Gasteiger partial charge in [0, 0.05) is 37.3 Å². The molecule has 0 aliphatic carbocycles. The van der Waals surface area contributed by atoms with E-state index in [4.69, 9.17) is 0 Å². The van der Waals surface area contributed by atoms with E-state index in [0.717, 1.165) is 0 Å². The van der Waals surface area contributed by atoms with E-state index in [1.54, 1.807) is 0 Å². The molecule has 1 rings (SSSR count). The van der Waals surface area contributed by atoms with Crippen molar-refractivity contribution < 1.29 is 20.4 Å². The smallest absolute Gasteiger partial charge is 0.0450 e. The molecule has 0 fully saturated rings. The van der Waals surface area contributed by atoms with Gasteiger partial charge in [0.2, 0.25) is 0 Å². The van der Waals surface area contributed by atoms with E-state index in [0.29, 0.717) is 0 Å². The van der Waals surface area contributed by atoms with Gasteiger partial charge in [-0.2, -0.15) is 35.9 Å². The topological polar surface area (TPSA) is 0 Å². The van der Waals surface area contributed by atoms with Crippen molar-refractivity contribution in [2.24, 2.45) is 0 Å². The van der Waals surface area contributed by atoms with Gasteiger partial charge in [-0.05, 0) is 5.41 Å². The Bertz CT molecular complexity index is 324. The molecular weight excluding hydrogens is 355 g/mol. The van der Waals surface area contributed by atoms with Gasteiger partial charge in [-0.1, -0.05) is 59.2 Å². The van der Waals surface area contributed by atoms with Crippen molar-refractivity contribution in [2.75, 3.05) is 0 Å². The molecule has 0 aromatic heterocycles. The molecule has 0 aliphatic rings. The second-order valence-corrected chi connectivity index (χ2v) is 15.9. The van der Waals surface area contributed by atoms with Gasteiger partial charge >= 0.3 is 0 Å². The fraction of sp³-hybridized carbons (Fsp3) is 0.625. The predicted molar refractivity (Wildman–Crippen MR) is 89.8 cm³/mol. The second-order valence-electron chi connectivity index (χ2n) is 7.40. The molecule has 0 aliphatic heterocycles. The van der Waals surface area contributed by atoms with E-state index >= 15 is 0 Å². The van der Waals surface area contributed by atoms with E-state index < -0.39 is 8.07 Å². The van der Waals surface area contributed by atoms with E-state index in [9.17, 15) is 0 Å². The third-order valence-corrected chi connectivity index (χ3v) is 4.36. The zero-order valence-electron chi connectivity index (χ0n) is 13.8. The predicted octanol–water partition coefficient (Wildman–Crippen LogP) is 5.47. The Morgan fingerprint density at radius 3 is 1.89 bits per heavy atom. The monoisotopic (exact) mass is 384 g/mol. The molecule has 1 aromatic rings. The van der Waals surface area contributed by atoms with Gasteiger partial charge < -0.3 is 0 Å². The van der Waals surface area contributed by atoms with Crippen molar-refractivity contribution in [2.45, 2.75) is 64.6 Å². The molecule has 19 heavy (non-hydrogen) atoms. The Balaban J connectivity index is 0. The van der Waals surface area contributed by atoms with Crippen molar-refractivity contribution >= 4 is 16.9 Å². The SMILES string of the molecule is CC(C)(C[Si](C)(C)C)c1[c-]cccc1.C[Si](C)C.[Pd]. The van der Waals surface area contributed by atoms with Crippen LogP contribution < -0.4 is 0 Å². The maximum Gasteiger partial charge on any atom is 0.0450 e. The van der Waals surface area contributed by atoms with Gasteiger partial charge in [-0.3, -0.25) is 0 Å². The molecule has 0 nitrogen and oxygen atoms in total. The third-order valence-electron chi connectivity index (χ3n) is 2.41. The summed E-state index contributed by atoms with van der Waals surface area (Å²) < 4.78 is 0. The third kappa shape index (κ3) is 11.8. The van der Waals surface area contributed by atoms with Crippen LogP contribution in [-0.4, -0.2) is 16.9 Å². The summed E-state index contributed by atoms with van der Waals surface area (Å²) in [5.74, 6) is 0. The molecule has 0 bridgehead atoms. The molecule has 0 N–H and O–H groups in total. The normalized spacial score (nSPS) is 11.4. The minimum absolute atomic E-state index is 0. The van der Waals surface area contributed by atoms with Gasteiger partial charge in [0.1, 0.15) is 0 Å². The van der Waals surface area contributed by atoms with Crippen molar-refractivity contribution in [3.8, 4) is 0 Å². The number of hydrogen-bond acceptors (Lipinski definition) is 0. The summed E-state index contributed by atoms with van der Waals surface area (Å²) in [6.45, 7) is 18.8. The first-order valence-electron chi connectivity index (χ1n) is 6.78. The quantitative estimate of drug-likeness (QED) is 0.478. The van der Waals surface area contributed by atoms with E-state index in [1.165, 1.54) is 11.6 Å². The molecule has 0 saturated carbocycles. The van der Waals surface area contributed by atoms with Crippen LogP contribution in [-0.2, 0) is 25.8 Å². The molecular formula is C16H30PdSi2-. The summed E-state index contributed by atoms with van der Waals surface area (Å²) in [6.07, 6.45) is 0. The summed E-state index contributed by atoms with van der Waals surface area (Å²) >= 11 is 0. The Hall–Kier alpha value is 0.316. The molecule has 1 radical (unpaired) electrons. The fourth-order valence-electron chi connectivity index (χ4n) is 2.24. The average Bonchev–Trinajstić information content (AvgIpc) is 2.14. The van der Waals surface area contributed by atoms with Crippen LogP contribution in [0.3, 0.4) is 0 Å². The number of hydrogen-bond donors (Lipinski definition) is 0. The Labute approximate surface area is 137 Å². The molecule has 0 heterocycles. The van der Waals surface area contributed by atoms with Gasteiger partial charge in [0.15, 0.2) is 0 Å². The second kappa shape index (κ2) is 9.29. The Kier molecular flexibility index (Phi) is 10.6. The first kappa shape index (κ1) is 21.6. The fourth-order valence-corrected chi connectivity index (χ4v) is 5.08. The van der Waals surface area contributed by atoms with Gasteiger partial charge in [0.25, 0.3) is 0 Å². The molecule has 0 spiro atoms. The first-order chi connectivity index (χ1) is 8.04. The molecule has 0 unspecified atom stereocenters. The Morgan fingerprint density at radius 2 is 1.58 bits per heavy atom. The summed E-state index contributed by atoms with van der Waals surface area (Å²) in [6, 6.07) is 13.0. The summed E-state index contributed by atoms with van der Waals surface area (Å²) in [5.41, 5.74) is 1.63. The largest absolute Gasteiger partial charge is 0.180 e. The molecule has 113 valence electrons. The number of rotatable bonds is 3. The van der Waals surface area contributed by atoms with Gasteiger partial charge in [0.05, 0.1) is 0 Å². The van der Waals surface area contributed by atoms with E-state index in [1.807, 2.05) is 12.1 Å². The van der Waals surface area contributed by atoms with Crippen molar-refractivity contribution in [3.05, 3.63) is 35.9 Å². The summed E-state index contributed by atoms with van der Waals surface area (Å²) in [4.78, 5) is 0. The molecule has 0 atom stereocenters. The minimum Gasteiger partial charge on any atom is -0.180 e. The van der Waals surface area contributed by atoms with Crippen LogP contribution in [0, 0.1) is 6.07 Å². The van der Waals surface area contributed by atoms with E-state index in [-0.39, 0.29) is 34.6 Å². The minimum atomic E-state index is -0.995. The summed E-state index contributed by atoms with van der Waals surface area (Å²) in [5, 5.41) is 0. The van der Waals surface area contributed by atoms with Crippen LogP contribution in [0.2, 0.25) is 45.3 Å². The van der Waals surface area contributed by atoms with Crippen LogP contribution in [0.1, 0.15) is 19.4 Å². The van der Waals surface area contributed by atoms with Crippen LogP contribution in [0.4, 0.5) is 0 Å². The van der Waals surface area contributed by atoms with Crippen molar-refractivity contribution in [3.63, 3.8) is 0 Å². The zero-order chi connectivity index (χ0) is 14.4. The van der Waals surface area contributed by atoms with Gasteiger partial charge in [-0.25, -0.2) is 0 Å². The van der Waals surface area contributed by atoms with Crippen LogP contribution in [0.15, 0.2) is 24.3 Å². The van der Waals surface area contributed by atoms with Crippen molar-refractivity contribution in [1.82, 2.24) is 0 Å². The number of benzene rings is 1. The van der Waals surface area contributed by atoms with Crippen LogP contribution in [0.5, 0.6) is 0 Å². The maximum absolute atomic E-state index is 3.35. The standard InChI is InChI=1S/C13H21Si.C3H9Si.Pd/c1-13(2,11-14(3,4)5)12-9-7-6-8-10-12;1-4(2)3;/h6-9H,11H2,1-5H3;1-3H3;/q-1;;. The van der Waals surface area contributed by atoms with Crippen LogP contribution >= 0.6 is 0 Å². The van der Waals surface area contributed by atoms with Crippen LogP contribution in [0.25, 0.3) is 0 Å². The molecule has 0 saturated heterocycles. The average molecular weight is 385 g/mol. The van der Waals surface area contributed by atoms with Crippen molar-refractivity contribution in [1.29, 1.82) is 0 Å². The van der Waals surface area contributed by atoms with E-state index in [2.05, 4.69) is 71.3 Å². The molecule has 0 amide bonds. The molecule has 3 heteroatoms. The first-order valence-corrected chi connectivity index (χ1v) is 13.5. The maximum atomic E-state index is 3.35. The summed E-state index contributed by atoms with van der Waals surface area (Å²) in [7, 11) is -0.875. The van der Waals surface area contributed by atoms with Gasteiger partial charge in [-0.15, -0.1) is 0 Å². The Morgan fingerprint density at radius 1 is 1.11 bits per heavy atom.